The molecule has 7 heteroatoms. The third kappa shape index (κ3) is 2.68. The van der Waals surface area contributed by atoms with Gasteiger partial charge in [-0.1, -0.05) is 0 Å². The normalized spacial score (nSPS) is 21.5. The first-order valence-electron chi connectivity index (χ1n) is 7.81. The number of alkyl halides is 2. The van der Waals surface area contributed by atoms with Crippen LogP contribution in [0.1, 0.15) is 48.8 Å². The highest BCUT2D eigenvalue weighted by Gasteiger charge is 2.38. The van der Waals surface area contributed by atoms with Crippen LogP contribution in [0.5, 0.6) is 0 Å². The van der Waals surface area contributed by atoms with Gasteiger partial charge in [-0.15, -0.1) is 0 Å². The zero-order valence-electron chi connectivity index (χ0n) is 13.0. The molecule has 2 aliphatic rings. The highest BCUT2D eigenvalue weighted by atomic mass is 19.3. The molecule has 2 amide bonds. The summed E-state index contributed by atoms with van der Waals surface area (Å²) in [6, 6.07) is -0.0919. The molecule has 1 aromatic rings. The fraction of sp³-hybridized carbons (Fsp3) is 0.733. The Morgan fingerprint density at radius 1 is 1.32 bits per heavy atom. The number of amides is 2. The summed E-state index contributed by atoms with van der Waals surface area (Å²) in [4.78, 5) is 18.2. The molecule has 0 atom stereocenters. The monoisotopic (exact) mass is 312 g/mol. The Balaban J connectivity index is 1.81. The average Bonchev–Trinajstić information content (AvgIpc) is 2.83. The van der Waals surface area contributed by atoms with E-state index in [1.165, 1.54) is 0 Å². The van der Waals surface area contributed by atoms with Crippen LogP contribution in [-0.4, -0.2) is 40.0 Å². The van der Waals surface area contributed by atoms with E-state index in [1.807, 2.05) is 6.92 Å². The lowest BCUT2D eigenvalue weighted by molar-refractivity contribution is -0.0390. The summed E-state index contributed by atoms with van der Waals surface area (Å²) in [6.07, 6.45) is 0.872. The predicted octanol–water partition coefficient (Wildman–Crippen LogP) is 2.64. The fourth-order valence-electron chi connectivity index (χ4n) is 3.50. The van der Waals surface area contributed by atoms with E-state index in [1.54, 1.807) is 11.9 Å². The minimum Gasteiger partial charge on any atom is -0.341 e. The molecular weight excluding hydrogens is 290 g/mol. The number of hydrogen-bond acceptors (Lipinski definition) is 2. The molecule has 3 rings (SSSR count). The number of fused-ring (bicyclic) bond motifs is 1. The molecule has 0 bridgehead atoms. The summed E-state index contributed by atoms with van der Waals surface area (Å²) in [5, 5.41) is 2.64. The lowest BCUT2D eigenvalue weighted by atomic mass is 9.86. The van der Waals surface area contributed by atoms with Crippen LogP contribution < -0.4 is 5.32 Å². The lowest BCUT2D eigenvalue weighted by Crippen LogP contribution is -2.43. The maximum atomic E-state index is 13.3. The van der Waals surface area contributed by atoms with E-state index >= 15 is 0 Å². The van der Waals surface area contributed by atoms with Crippen LogP contribution in [0.3, 0.4) is 0 Å². The van der Waals surface area contributed by atoms with Crippen molar-refractivity contribution >= 4 is 6.03 Å². The second kappa shape index (κ2) is 5.52. The Labute approximate surface area is 128 Å². The number of aromatic nitrogens is 2. The Bertz CT molecular complexity index is 574. The summed E-state index contributed by atoms with van der Waals surface area (Å²) in [5.74, 6) is -1.48. The Kier molecular flexibility index (Phi) is 3.82. The SMILES string of the molecule is CNC(=O)N1CCn2c(C3CCC(F)(F)CC3)nc(C)c2C1. The molecule has 5 nitrogen and oxygen atoms in total. The van der Waals surface area contributed by atoms with Crippen molar-refractivity contribution in [3.63, 3.8) is 0 Å². The standard InChI is InChI=1S/C15H22F2N4O/c1-10-12-9-20(14(22)18-2)7-8-21(12)13(19-10)11-3-5-15(16,17)6-4-11/h11H,3-9H2,1-2H3,(H,18,22). The summed E-state index contributed by atoms with van der Waals surface area (Å²) in [7, 11) is 1.62. The molecule has 1 aliphatic heterocycles. The van der Waals surface area contributed by atoms with Crippen LogP contribution in [0, 0.1) is 6.92 Å². The molecule has 0 radical (unpaired) electrons. The smallest absolute Gasteiger partial charge is 0.317 e. The summed E-state index contributed by atoms with van der Waals surface area (Å²) >= 11 is 0. The fourth-order valence-corrected chi connectivity index (χ4v) is 3.50. The van der Waals surface area contributed by atoms with E-state index in [0.717, 1.165) is 17.2 Å². The quantitative estimate of drug-likeness (QED) is 0.866. The van der Waals surface area contributed by atoms with Crippen molar-refractivity contribution in [2.24, 2.45) is 0 Å². The lowest BCUT2D eigenvalue weighted by Gasteiger charge is -2.32. The first-order valence-corrected chi connectivity index (χ1v) is 7.81. The number of halogens is 2. The molecule has 1 N–H and O–H groups in total. The maximum Gasteiger partial charge on any atom is 0.317 e. The minimum absolute atomic E-state index is 0.0523. The van der Waals surface area contributed by atoms with Gasteiger partial charge in [-0.2, -0.15) is 0 Å². The molecular formula is C15H22F2N4O. The van der Waals surface area contributed by atoms with Crippen molar-refractivity contribution in [3.05, 3.63) is 17.2 Å². The number of rotatable bonds is 1. The van der Waals surface area contributed by atoms with Crippen LogP contribution in [0.4, 0.5) is 13.6 Å². The second-order valence-electron chi connectivity index (χ2n) is 6.26. The highest BCUT2D eigenvalue weighted by Crippen LogP contribution is 2.41. The molecule has 0 unspecified atom stereocenters. The van der Waals surface area contributed by atoms with Gasteiger partial charge in [0.15, 0.2) is 0 Å². The first-order chi connectivity index (χ1) is 10.4. The van der Waals surface area contributed by atoms with Gasteiger partial charge in [0.05, 0.1) is 17.9 Å². The Morgan fingerprint density at radius 3 is 2.64 bits per heavy atom. The highest BCUT2D eigenvalue weighted by molar-refractivity contribution is 5.73. The van der Waals surface area contributed by atoms with E-state index in [4.69, 9.17) is 0 Å². The molecule has 0 saturated heterocycles. The molecule has 0 spiro atoms. The summed E-state index contributed by atoms with van der Waals surface area (Å²) in [6.45, 7) is 3.77. The van der Waals surface area contributed by atoms with Gasteiger partial charge in [0, 0.05) is 38.9 Å². The molecule has 1 fully saturated rings. The largest absolute Gasteiger partial charge is 0.341 e. The number of aryl methyl sites for hydroxylation is 1. The minimum atomic E-state index is -2.52. The van der Waals surface area contributed by atoms with Gasteiger partial charge in [-0.05, 0) is 19.8 Å². The van der Waals surface area contributed by atoms with Crippen molar-refractivity contribution in [1.82, 2.24) is 19.8 Å². The van der Waals surface area contributed by atoms with Gasteiger partial charge in [0.1, 0.15) is 5.82 Å². The van der Waals surface area contributed by atoms with Crippen molar-refractivity contribution in [2.75, 3.05) is 13.6 Å². The third-order valence-electron chi connectivity index (χ3n) is 4.82. The number of carbonyl (C=O) groups is 1. The van der Waals surface area contributed by atoms with Crippen LogP contribution in [0.15, 0.2) is 0 Å². The van der Waals surface area contributed by atoms with Crippen molar-refractivity contribution < 1.29 is 13.6 Å². The maximum absolute atomic E-state index is 13.3. The number of nitrogens with zero attached hydrogens (tertiary/aromatic N) is 3. The molecule has 22 heavy (non-hydrogen) atoms. The number of carbonyl (C=O) groups excluding carboxylic acids is 1. The average molecular weight is 312 g/mol. The molecule has 1 saturated carbocycles. The molecule has 1 aliphatic carbocycles. The zero-order valence-corrected chi connectivity index (χ0v) is 13.0. The van der Waals surface area contributed by atoms with Crippen LogP contribution in [-0.2, 0) is 13.1 Å². The summed E-state index contributed by atoms with van der Waals surface area (Å²) < 4.78 is 28.8. The van der Waals surface area contributed by atoms with Gasteiger partial charge in [-0.25, -0.2) is 18.6 Å². The predicted molar refractivity (Wildman–Crippen MR) is 78.0 cm³/mol. The van der Waals surface area contributed by atoms with E-state index in [9.17, 15) is 13.6 Å². The second-order valence-corrected chi connectivity index (χ2v) is 6.26. The first kappa shape index (κ1) is 15.2. The van der Waals surface area contributed by atoms with Crippen molar-refractivity contribution in [2.45, 2.75) is 57.5 Å². The van der Waals surface area contributed by atoms with Crippen molar-refractivity contribution in [3.8, 4) is 0 Å². The van der Waals surface area contributed by atoms with Crippen molar-refractivity contribution in [1.29, 1.82) is 0 Å². The third-order valence-corrected chi connectivity index (χ3v) is 4.82. The zero-order chi connectivity index (χ0) is 15.9. The number of nitrogens with one attached hydrogen (secondary N) is 1. The topological polar surface area (TPSA) is 50.2 Å². The molecule has 0 aromatic carbocycles. The van der Waals surface area contributed by atoms with Crippen LogP contribution in [0.2, 0.25) is 0 Å². The van der Waals surface area contributed by atoms with E-state index in [2.05, 4.69) is 14.9 Å². The molecule has 2 heterocycles. The number of urea groups is 1. The Morgan fingerprint density at radius 2 is 2.00 bits per heavy atom. The summed E-state index contributed by atoms with van der Waals surface area (Å²) in [5.41, 5.74) is 1.93. The van der Waals surface area contributed by atoms with Gasteiger partial charge in [-0.3, -0.25) is 0 Å². The van der Waals surface area contributed by atoms with Gasteiger partial charge < -0.3 is 14.8 Å². The Hall–Kier alpha value is -1.66. The number of imidazole rings is 1. The van der Waals surface area contributed by atoms with Gasteiger partial charge in [0.2, 0.25) is 5.92 Å². The van der Waals surface area contributed by atoms with E-state index < -0.39 is 5.92 Å². The van der Waals surface area contributed by atoms with Crippen LogP contribution >= 0.6 is 0 Å². The molecule has 1 aromatic heterocycles. The number of hydrogen-bond donors (Lipinski definition) is 1. The van der Waals surface area contributed by atoms with Gasteiger partial charge in [0.25, 0.3) is 0 Å². The van der Waals surface area contributed by atoms with Crippen LogP contribution in [0.25, 0.3) is 0 Å². The van der Waals surface area contributed by atoms with E-state index in [-0.39, 0.29) is 24.8 Å². The molecule has 122 valence electrons. The van der Waals surface area contributed by atoms with E-state index in [0.29, 0.717) is 32.5 Å². The van der Waals surface area contributed by atoms with Gasteiger partial charge >= 0.3 is 6.03 Å².